The Hall–Kier alpha value is -3.03. The van der Waals surface area contributed by atoms with E-state index in [2.05, 4.69) is 48.3 Å². The van der Waals surface area contributed by atoms with E-state index in [0.29, 0.717) is 12.1 Å². The number of hydrogen-bond acceptors (Lipinski definition) is 5. The molecule has 0 radical (unpaired) electrons. The Labute approximate surface area is 290 Å². The van der Waals surface area contributed by atoms with Gasteiger partial charge in [0.15, 0.2) is 6.29 Å². The van der Waals surface area contributed by atoms with E-state index in [4.69, 9.17) is 9.47 Å². The summed E-state index contributed by atoms with van der Waals surface area (Å²) in [7, 11) is 0. The number of aliphatic hydroxyl groups is 1. The first kappa shape index (κ1) is 37.8. The van der Waals surface area contributed by atoms with Crippen LogP contribution in [-0.4, -0.2) is 41.7 Å². The molecule has 1 fully saturated rings. The maximum Gasteiger partial charge on any atom is 0.251 e. The summed E-state index contributed by atoms with van der Waals surface area (Å²) < 4.78 is 13.4. The molecule has 1 saturated heterocycles. The van der Waals surface area contributed by atoms with Crippen LogP contribution in [0.3, 0.4) is 0 Å². The number of amides is 1. The molecule has 3 atom stereocenters. The van der Waals surface area contributed by atoms with Crippen molar-refractivity contribution in [3.05, 3.63) is 107 Å². The predicted molar refractivity (Wildman–Crippen MR) is 196 cm³/mol. The molecule has 1 aliphatic rings. The van der Waals surface area contributed by atoms with Crippen LogP contribution in [0, 0.1) is 0 Å². The van der Waals surface area contributed by atoms with Crippen molar-refractivity contribution in [3.8, 4) is 0 Å². The number of nitrogens with one attached hydrogen (secondary N) is 1. The second-order valence-electron chi connectivity index (χ2n) is 13.5. The van der Waals surface area contributed by atoms with Crippen LogP contribution in [-0.2, 0) is 22.6 Å². The lowest BCUT2D eigenvalue weighted by atomic mass is 9.99. The van der Waals surface area contributed by atoms with Crippen molar-refractivity contribution in [1.29, 1.82) is 0 Å². The minimum absolute atomic E-state index is 0.0319. The minimum atomic E-state index is -0.482. The van der Waals surface area contributed by atoms with E-state index >= 15 is 0 Å². The van der Waals surface area contributed by atoms with Gasteiger partial charge in [0, 0.05) is 30.6 Å². The fourth-order valence-electron chi connectivity index (χ4n) is 6.51. The molecular formula is C42H60N2O4. The maximum absolute atomic E-state index is 12.5. The highest BCUT2D eigenvalue weighted by molar-refractivity contribution is 5.94. The van der Waals surface area contributed by atoms with Gasteiger partial charge in [-0.1, -0.05) is 145 Å². The average molecular weight is 657 g/mol. The van der Waals surface area contributed by atoms with Crippen molar-refractivity contribution in [2.24, 2.45) is 0 Å². The van der Waals surface area contributed by atoms with Crippen molar-refractivity contribution in [3.63, 3.8) is 0 Å². The fourth-order valence-corrected chi connectivity index (χ4v) is 6.51. The summed E-state index contributed by atoms with van der Waals surface area (Å²) in [4.78, 5) is 15.2. The molecule has 3 aromatic rings. The zero-order valence-corrected chi connectivity index (χ0v) is 29.6. The third kappa shape index (κ3) is 13.1. The topological polar surface area (TPSA) is 71.0 Å². The predicted octanol–water partition coefficient (Wildman–Crippen LogP) is 9.68. The zero-order valence-electron chi connectivity index (χ0n) is 29.6. The van der Waals surface area contributed by atoms with E-state index in [0.717, 1.165) is 48.3 Å². The lowest BCUT2D eigenvalue weighted by Crippen LogP contribution is -2.40. The third-order valence-corrected chi connectivity index (χ3v) is 9.47. The molecule has 1 aliphatic heterocycles. The van der Waals surface area contributed by atoms with Crippen LogP contribution in [0.2, 0.25) is 0 Å². The van der Waals surface area contributed by atoms with Gasteiger partial charge in [0.2, 0.25) is 0 Å². The first-order chi connectivity index (χ1) is 23.6. The number of carbonyl (C=O) groups excluding carboxylic acids is 1. The normalized spacial score (nSPS) is 17.9. The van der Waals surface area contributed by atoms with Gasteiger partial charge in [0.25, 0.3) is 5.91 Å². The van der Waals surface area contributed by atoms with Gasteiger partial charge in [-0.2, -0.15) is 0 Å². The molecule has 0 aliphatic carbocycles. The number of benzene rings is 3. The van der Waals surface area contributed by atoms with E-state index < -0.39 is 6.29 Å². The third-order valence-electron chi connectivity index (χ3n) is 9.47. The van der Waals surface area contributed by atoms with Crippen LogP contribution in [0.5, 0.6) is 0 Å². The second-order valence-corrected chi connectivity index (χ2v) is 13.5. The Balaban J connectivity index is 1.42. The highest BCUT2D eigenvalue weighted by Crippen LogP contribution is 2.38. The molecule has 0 aromatic heterocycles. The molecule has 0 spiro atoms. The Morgan fingerprint density at radius 2 is 1.27 bits per heavy atom. The molecule has 6 nitrogen and oxygen atoms in total. The van der Waals surface area contributed by atoms with Crippen molar-refractivity contribution in [2.45, 2.75) is 129 Å². The van der Waals surface area contributed by atoms with Gasteiger partial charge >= 0.3 is 0 Å². The minimum Gasteiger partial charge on any atom is -0.392 e. The number of ether oxygens (including phenoxy) is 2. The molecule has 0 saturated carbocycles. The molecule has 1 heterocycles. The first-order valence-electron chi connectivity index (χ1n) is 18.7. The summed E-state index contributed by atoms with van der Waals surface area (Å²) >= 11 is 0. The lowest BCUT2D eigenvalue weighted by molar-refractivity contribution is -0.253. The number of carbonyl (C=O) groups is 1. The fraction of sp³-hybridized carbons (Fsp3) is 0.548. The smallest absolute Gasteiger partial charge is 0.251 e. The van der Waals surface area contributed by atoms with Gasteiger partial charge in [0.1, 0.15) is 0 Å². The summed E-state index contributed by atoms with van der Waals surface area (Å²) in [6.45, 7) is 8.17. The summed E-state index contributed by atoms with van der Waals surface area (Å²) in [6.07, 6.45) is 15.9. The largest absolute Gasteiger partial charge is 0.392 e. The maximum atomic E-state index is 12.5. The Bertz CT molecular complexity index is 1270. The van der Waals surface area contributed by atoms with Crippen LogP contribution >= 0.6 is 0 Å². The molecule has 1 amide bonds. The molecule has 6 heteroatoms. The highest BCUT2D eigenvalue weighted by atomic mass is 16.7. The van der Waals surface area contributed by atoms with E-state index in [1.807, 2.05) is 54.6 Å². The van der Waals surface area contributed by atoms with Crippen molar-refractivity contribution >= 4 is 5.91 Å². The molecule has 48 heavy (non-hydrogen) atoms. The van der Waals surface area contributed by atoms with Gasteiger partial charge in [-0.3, -0.25) is 4.79 Å². The van der Waals surface area contributed by atoms with Crippen LogP contribution < -0.4 is 5.32 Å². The molecule has 0 unspecified atom stereocenters. The van der Waals surface area contributed by atoms with Gasteiger partial charge < -0.3 is 24.8 Å². The molecule has 2 N–H and O–H groups in total. The summed E-state index contributed by atoms with van der Waals surface area (Å²) in [6, 6.07) is 25.7. The summed E-state index contributed by atoms with van der Waals surface area (Å²) in [5.41, 5.74) is 4.68. The van der Waals surface area contributed by atoms with Gasteiger partial charge in [0.05, 0.1) is 18.8 Å². The summed E-state index contributed by atoms with van der Waals surface area (Å²) in [5, 5.41) is 12.6. The SMILES string of the molecule is CCCCCCCCN(CCCCCCCC)C[C@@H]1C[C@H](c2ccc(CO)cc2)O[C@H](c2ccc(CNC(=O)c3ccccc3)cc2)O1. The number of rotatable bonds is 22. The van der Waals surface area contributed by atoms with Crippen molar-refractivity contribution in [1.82, 2.24) is 10.2 Å². The first-order valence-corrected chi connectivity index (χ1v) is 18.7. The molecular weight excluding hydrogens is 596 g/mol. The highest BCUT2D eigenvalue weighted by Gasteiger charge is 2.33. The number of nitrogens with zero attached hydrogens (tertiary/aromatic N) is 1. The Kier molecular flexibility index (Phi) is 17.2. The summed E-state index contributed by atoms with van der Waals surface area (Å²) in [5.74, 6) is -0.0806. The van der Waals surface area contributed by atoms with E-state index in [9.17, 15) is 9.90 Å². The molecule has 3 aromatic carbocycles. The van der Waals surface area contributed by atoms with Gasteiger partial charge in [-0.25, -0.2) is 0 Å². The van der Waals surface area contributed by atoms with Crippen LogP contribution in [0.1, 0.15) is 142 Å². The monoisotopic (exact) mass is 656 g/mol. The van der Waals surface area contributed by atoms with Crippen molar-refractivity contribution < 1.29 is 19.4 Å². The number of hydrogen-bond donors (Lipinski definition) is 2. The van der Waals surface area contributed by atoms with Crippen molar-refractivity contribution in [2.75, 3.05) is 19.6 Å². The number of aliphatic hydroxyl groups excluding tert-OH is 1. The molecule has 4 rings (SSSR count). The van der Waals surface area contributed by atoms with Gasteiger partial charge in [-0.15, -0.1) is 0 Å². The molecule has 0 bridgehead atoms. The quantitative estimate of drug-likeness (QED) is 0.105. The zero-order chi connectivity index (χ0) is 33.8. The van der Waals surface area contributed by atoms with E-state index in [-0.39, 0.29) is 24.7 Å². The van der Waals surface area contributed by atoms with Crippen LogP contribution in [0.25, 0.3) is 0 Å². The lowest BCUT2D eigenvalue weighted by Gasteiger charge is -2.38. The van der Waals surface area contributed by atoms with Crippen LogP contribution in [0.15, 0.2) is 78.9 Å². The Morgan fingerprint density at radius 3 is 1.88 bits per heavy atom. The molecule has 262 valence electrons. The second kappa shape index (κ2) is 21.8. The Morgan fingerprint density at radius 1 is 0.708 bits per heavy atom. The van der Waals surface area contributed by atoms with Crippen LogP contribution in [0.4, 0.5) is 0 Å². The van der Waals surface area contributed by atoms with E-state index in [1.165, 1.54) is 77.0 Å². The van der Waals surface area contributed by atoms with E-state index in [1.54, 1.807) is 0 Å². The number of unbranched alkanes of at least 4 members (excludes halogenated alkanes) is 10. The standard InChI is InChI=1S/C42H60N2O4/c1-3-5-7-9-11-16-28-44(29-17-12-10-8-6-4-2)32-39-30-40(36-24-22-35(33-45)23-25-36)48-42(47-39)38-26-20-34(21-27-38)31-43-41(46)37-18-14-13-15-19-37/h13-15,18-27,39-40,42,45H,3-12,16-17,28-33H2,1-2H3,(H,43,46)/t39-,40+,42+/m0/s1. The average Bonchev–Trinajstić information content (AvgIpc) is 3.13. The van der Waals surface area contributed by atoms with Gasteiger partial charge in [-0.05, 0) is 54.8 Å².